The molecule has 0 aliphatic carbocycles. The minimum absolute atomic E-state index is 0.0577. The number of rotatable bonds is 4. The van der Waals surface area contributed by atoms with Crippen LogP contribution >= 0.6 is 0 Å². The van der Waals surface area contributed by atoms with Crippen LogP contribution in [0.1, 0.15) is 50.8 Å². The van der Waals surface area contributed by atoms with Gasteiger partial charge in [0.05, 0.1) is 16.7 Å². The highest BCUT2D eigenvalue weighted by Gasteiger charge is 2.41. The fourth-order valence-corrected chi connectivity index (χ4v) is 4.05. The molecule has 1 atom stereocenters. The Balaban J connectivity index is 1.34. The van der Waals surface area contributed by atoms with Gasteiger partial charge in [0.2, 0.25) is 5.91 Å². The van der Waals surface area contributed by atoms with Crippen LogP contribution in [0, 0.1) is 0 Å². The van der Waals surface area contributed by atoms with Crippen molar-refractivity contribution >= 4 is 23.6 Å². The Morgan fingerprint density at radius 1 is 0.968 bits per heavy atom. The van der Waals surface area contributed by atoms with Crippen LogP contribution < -0.4 is 5.32 Å². The SMILES string of the molecule is CC(C(=O)NC1CCN(C(=O)c2ccccc2O)CC1)N1C(=O)c2ccccc2C1=O. The second kappa shape index (κ2) is 8.22. The molecule has 0 bridgehead atoms. The van der Waals surface area contributed by atoms with Gasteiger partial charge in [-0.05, 0) is 44.0 Å². The second-order valence-corrected chi connectivity index (χ2v) is 7.79. The summed E-state index contributed by atoms with van der Waals surface area (Å²) in [6.45, 7) is 2.40. The zero-order chi connectivity index (χ0) is 22.1. The maximum atomic E-state index is 12.8. The van der Waals surface area contributed by atoms with E-state index < -0.39 is 23.8 Å². The number of piperidine rings is 1. The van der Waals surface area contributed by atoms with Crippen molar-refractivity contribution in [1.82, 2.24) is 15.1 Å². The number of phenols is 1. The van der Waals surface area contributed by atoms with Gasteiger partial charge in [0.25, 0.3) is 17.7 Å². The Labute approximate surface area is 179 Å². The first kappa shape index (κ1) is 20.6. The fourth-order valence-electron chi connectivity index (χ4n) is 4.05. The van der Waals surface area contributed by atoms with Gasteiger partial charge in [-0.3, -0.25) is 24.1 Å². The van der Waals surface area contributed by atoms with E-state index in [9.17, 15) is 24.3 Å². The number of nitrogens with zero attached hydrogens (tertiary/aromatic N) is 2. The van der Waals surface area contributed by atoms with E-state index in [2.05, 4.69) is 5.32 Å². The summed E-state index contributed by atoms with van der Waals surface area (Å²) < 4.78 is 0. The zero-order valence-corrected chi connectivity index (χ0v) is 17.1. The molecule has 8 nitrogen and oxygen atoms in total. The van der Waals surface area contributed by atoms with Gasteiger partial charge in [0, 0.05) is 19.1 Å². The highest BCUT2D eigenvalue weighted by atomic mass is 16.3. The molecule has 0 aromatic heterocycles. The van der Waals surface area contributed by atoms with Crippen molar-refractivity contribution in [2.75, 3.05) is 13.1 Å². The highest BCUT2D eigenvalue weighted by Crippen LogP contribution is 2.25. The van der Waals surface area contributed by atoms with E-state index >= 15 is 0 Å². The largest absolute Gasteiger partial charge is 0.507 e. The van der Waals surface area contributed by atoms with Gasteiger partial charge >= 0.3 is 0 Å². The fraction of sp³-hybridized carbons (Fsp3) is 0.304. The Morgan fingerprint density at radius 2 is 1.52 bits per heavy atom. The molecule has 1 saturated heterocycles. The monoisotopic (exact) mass is 421 g/mol. The number of benzene rings is 2. The normalized spacial score (nSPS) is 17.5. The molecule has 2 heterocycles. The van der Waals surface area contributed by atoms with Crippen LogP contribution in [0.3, 0.4) is 0 Å². The summed E-state index contributed by atoms with van der Waals surface area (Å²) in [6.07, 6.45) is 1.08. The third kappa shape index (κ3) is 3.76. The number of carbonyl (C=O) groups is 4. The number of hydrogen-bond donors (Lipinski definition) is 2. The van der Waals surface area contributed by atoms with E-state index in [0.29, 0.717) is 37.1 Å². The topological polar surface area (TPSA) is 107 Å². The van der Waals surface area contributed by atoms with Crippen LogP contribution in [-0.4, -0.2) is 63.7 Å². The Bertz CT molecular complexity index is 1020. The number of para-hydroxylation sites is 1. The molecular formula is C23H23N3O5. The van der Waals surface area contributed by atoms with Crippen LogP contribution in [0.15, 0.2) is 48.5 Å². The van der Waals surface area contributed by atoms with Gasteiger partial charge < -0.3 is 15.3 Å². The minimum Gasteiger partial charge on any atom is -0.507 e. The summed E-state index contributed by atoms with van der Waals surface area (Å²) in [4.78, 5) is 53.2. The van der Waals surface area contributed by atoms with Crippen molar-refractivity contribution < 1.29 is 24.3 Å². The zero-order valence-electron chi connectivity index (χ0n) is 17.1. The molecule has 2 N–H and O–H groups in total. The predicted molar refractivity (Wildman–Crippen MR) is 112 cm³/mol. The number of nitrogens with one attached hydrogen (secondary N) is 1. The molecule has 4 amide bonds. The number of carbonyl (C=O) groups excluding carboxylic acids is 4. The molecule has 2 aliphatic rings. The summed E-state index contributed by atoms with van der Waals surface area (Å²) in [5.41, 5.74) is 0.871. The lowest BCUT2D eigenvalue weighted by atomic mass is 10.0. The molecule has 8 heteroatoms. The van der Waals surface area contributed by atoms with E-state index in [1.54, 1.807) is 47.4 Å². The molecule has 0 radical (unpaired) electrons. The van der Waals surface area contributed by atoms with E-state index in [1.165, 1.54) is 13.0 Å². The maximum Gasteiger partial charge on any atom is 0.262 e. The van der Waals surface area contributed by atoms with Crippen molar-refractivity contribution in [3.05, 3.63) is 65.2 Å². The summed E-state index contributed by atoms with van der Waals surface area (Å²) >= 11 is 0. The molecule has 1 unspecified atom stereocenters. The molecule has 2 aromatic rings. The van der Waals surface area contributed by atoms with Gasteiger partial charge in [-0.25, -0.2) is 0 Å². The first-order valence-electron chi connectivity index (χ1n) is 10.2. The molecule has 0 spiro atoms. The summed E-state index contributed by atoms with van der Waals surface area (Å²) in [7, 11) is 0. The number of aromatic hydroxyl groups is 1. The number of hydrogen-bond acceptors (Lipinski definition) is 5. The van der Waals surface area contributed by atoms with E-state index in [1.807, 2.05) is 0 Å². The Hall–Kier alpha value is -3.68. The molecule has 2 aromatic carbocycles. The smallest absolute Gasteiger partial charge is 0.262 e. The molecule has 0 saturated carbocycles. The van der Waals surface area contributed by atoms with Gasteiger partial charge in [0.15, 0.2) is 0 Å². The Kier molecular flexibility index (Phi) is 5.46. The van der Waals surface area contributed by atoms with Crippen molar-refractivity contribution in [3.63, 3.8) is 0 Å². The number of amides is 4. The average molecular weight is 421 g/mol. The van der Waals surface area contributed by atoms with Crippen molar-refractivity contribution in [2.24, 2.45) is 0 Å². The highest BCUT2D eigenvalue weighted by molar-refractivity contribution is 6.22. The lowest BCUT2D eigenvalue weighted by Gasteiger charge is -2.33. The minimum atomic E-state index is -0.937. The number of phenolic OH excluding ortho intramolecular Hbond substituents is 1. The van der Waals surface area contributed by atoms with Gasteiger partial charge in [-0.1, -0.05) is 24.3 Å². The van der Waals surface area contributed by atoms with Crippen LogP contribution in [0.2, 0.25) is 0 Å². The van der Waals surface area contributed by atoms with Gasteiger partial charge in [-0.15, -0.1) is 0 Å². The first-order chi connectivity index (χ1) is 14.9. The van der Waals surface area contributed by atoms with Crippen LogP contribution in [-0.2, 0) is 4.79 Å². The second-order valence-electron chi connectivity index (χ2n) is 7.79. The van der Waals surface area contributed by atoms with Crippen LogP contribution in [0.25, 0.3) is 0 Å². The molecule has 1 fully saturated rings. The summed E-state index contributed by atoms with van der Waals surface area (Å²) in [6, 6.07) is 11.8. The lowest BCUT2D eigenvalue weighted by Crippen LogP contribution is -2.53. The number of imide groups is 1. The van der Waals surface area contributed by atoms with E-state index in [4.69, 9.17) is 0 Å². The molecule has 31 heavy (non-hydrogen) atoms. The van der Waals surface area contributed by atoms with E-state index in [0.717, 1.165) is 4.90 Å². The maximum absolute atomic E-state index is 12.8. The quantitative estimate of drug-likeness (QED) is 0.732. The number of fused-ring (bicyclic) bond motifs is 1. The third-order valence-electron chi connectivity index (χ3n) is 5.86. The van der Waals surface area contributed by atoms with Crippen LogP contribution in [0.4, 0.5) is 0 Å². The van der Waals surface area contributed by atoms with Crippen molar-refractivity contribution in [3.8, 4) is 5.75 Å². The van der Waals surface area contributed by atoms with E-state index in [-0.39, 0.29) is 23.3 Å². The first-order valence-corrected chi connectivity index (χ1v) is 10.2. The summed E-state index contributed by atoms with van der Waals surface area (Å²) in [5.74, 6) is -1.64. The van der Waals surface area contributed by atoms with Crippen LogP contribution in [0.5, 0.6) is 5.75 Å². The Morgan fingerprint density at radius 3 is 2.10 bits per heavy atom. The third-order valence-corrected chi connectivity index (χ3v) is 5.86. The average Bonchev–Trinajstić information content (AvgIpc) is 3.04. The van der Waals surface area contributed by atoms with Gasteiger partial charge in [0.1, 0.15) is 11.8 Å². The van der Waals surface area contributed by atoms with Crippen molar-refractivity contribution in [2.45, 2.75) is 31.8 Å². The summed E-state index contributed by atoms with van der Waals surface area (Å²) in [5, 5.41) is 12.8. The molecular weight excluding hydrogens is 398 g/mol. The molecule has 160 valence electrons. The molecule has 2 aliphatic heterocycles. The molecule has 4 rings (SSSR count). The lowest BCUT2D eigenvalue weighted by molar-refractivity contribution is -0.125. The predicted octanol–water partition coefficient (Wildman–Crippen LogP) is 1.80. The number of likely N-dealkylation sites (tertiary alicyclic amines) is 1. The van der Waals surface area contributed by atoms with Gasteiger partial charge in [-0.2, -0.15) is 0 Å². The van der Waals surface area contributed by atoms with Crippen molar-refractivity contribution in [1.29, 1.82) is 0 Å². The standard InChI is InChI=1S/C23H23N3O5/c1-14(26-22(30)16-6-2-3-7-17(16)23(26)31)20(28)24-15-10-12-25(13-11-15)21(29)18-8-4-5-9-19(18)27/h2-9,14-15,27H,10-13H2,1H3,(H,24,28).